The Balaban J connectivity index is 1.72. The SMILES string of the molecule is NC(=O)C1CC[NH+]([C@@H]2CC(=O)N(c3ccc(C(F)(F)F)cc3)C2=O)CC1. The van der Waals surface area contributed by atoms with Gasteiger partial charge in [0.05, 0.1) is 30.8 Å². The number of nitrogens with one attached hydrogen (secondary N) is 1. The molecule has 3 rings (SSSR count). The molecule has 140 valence electrons. The van der Waals surface area contributed by atoms with E-state index in [1.807, 2.05) is 0 Å². The number of rotatable bonds is 3. The molecule has 1 atom stereocenters. The van der Waals surface area contributed by atoms with Crippen LogP contribution in [-0.4, -0.2) is 36.9 Å². The minimum atomic E-state index is -4.48. The molecule has 26 heavy (non-hydrogen) atoms. The third-order valence-electron chi connectivity index (χ3n) is 5.12. The maximum atomic E-state index is 12.7. The molecule has 0 radical (unpaired) electrons. The van der Waals surface area contributed by atoms with E-state index < -0.39 is 29.6 Å². The lowest BCUT2D eigenvalue weighted by atomic mass is 9.95. The van der Waals surface area contributed by atoms with Gasteiger partial charge in [0.25, 0.3) is 5.91 Å². The average Bonchev–Trinajstić information content (AvgIpc) is 2.89. The highest BCUT2D eigenvalue weighted by Gasteiger charge is 2.47. The number of halogens is 3. The Kier molecular flexibility index (Phi) is 4.74. The monoisotopic (exact) mass is 370 g/mol. The van der Waals surface area contributed by atoms with Crippen LogP contribution in [0.25, 0.3) is 0 Å². The number of alkyl halides is 3. The Morgan fingerprint density at radius 3 is 2.19 bits per heavy atom. The van der Waals surface area contributed by atoms with E-state index in [0.717, 1.165) is 34.1 Å². The van der Waals surface area contributed by atoms with Crippen LogP contribution in [0.15, 0.2) is 24.3 Å². The van der Waals surface area contributed by atoms with Crippen LogP contribution < -0.4 is 15.5 Å². The van der Waals surface area contributed by atoms with Crippen LogP contribution in [0.1, 0.15) is 24.8 Å². The fraction of sp³-hybridized carbons (Fsp3) is 0.471. The van der Waals surface area contributed by atoms with Crippen molar-refractivity contribution in [2.75, 3.05) is 18.0 Å². The number of nitrogens with two attached hydrogens (primary N) is 1. The molecular formula is C17H19F3N3O3+. The van der Waals surface area contributed by atoms with Gasteiger partial charge in [-0.05, 0) is 24.3 Å². The third kappa shape index (κ3) is 3.44. The highest BCUT2D eigenvalue weighted by molar-refractivity contribution is 6.21. The predicted molar refractivity (Wildman–Crippen MR) is 85.0 cm³/mol. The van der Waals surface area contributed by atoms with E-state index in [2.05, 4.69) is 0 Å². The van der Waals surface area contributed by atoms with Crippen LogP contribution in [0.2, 0.25) is 0 Å². The van der Waals surface area contributed by atoms with Crippen molar-refractivity contribution in [3.05, 3.63) is 29.8 Å². The summed E-state index contributed by atoms with van der Waals surface area (Å²) in [5, 5.41) is 0. The summed E-state index contributed by atoms with van der Waals surface area (Å²) >= 11 is 0. The molecule has 2 aliphatic rings. The molecule has 0 unspecified atom stereocenters. The number of likely N-dealkylation sites (tertiary alicyclic amines) is 1. The third-order valence-corrected chi connectivity index (χ3v) is 5.12. The summed E-state index contributed by atoms with van der Waals surface area (Å²) in [5.74, 6) is -1.41. The Bertz CT molecular complexity index is 725. The van der Waals surface area contributed by atoms with E-state index in [0.29, 0.717) is 25.9 Å². The van der Waals surface area contributed by atoms with Gasteiger partial charge in [-0.2, -0.15) is 13.2 Å². The molecule has 1 aromatic rings. The predicted octanol–water partition coefficient (Wildman–Crippen LogP) is 0.118. The number of carbonyl (C=O) groups excluding carboxylic acids is 3. The van der Waals surface area contributed by atoms with Crippen LogP contribution in [0, 0.1) is 5.92 Å². The molecule has 3 amide bonds. The van der Waals surface area contributed by atoms with Crippen LogP contribution in [0.3, 0.4) is 0 Å². The zero-order chi connectivity index (χ0) is 19.1. The van der Waals surface area contributed by atoms with Crippen LogP contribution >= 0.6 is 0 Å². The molecule has 2 heterocycles. The standard InChI is InChI=1S/C17H18F3N3O3/c18-17(19,20)11-1-3-12(4-2-11)23-14(24)9-13(16(23)26)22-7-5-10(6-8-22)15(21)25/h1-4,10,13H,5-9H2,(H2,21,25)/p+1/t13-/m1/s1. The number of piperidine rings is 1. The molecule has 0 bridgehead atoms. The first-order valence-corrected chi connectivity index (χ1v) is 8.36. The second-order valence-corrected chi connectivity index (χ2v) is 6.70. The van der Waals surface area contributed by atoms with Crippen LogP contribution in [0.4, 0.5) is 18.9 Å². The van der Waals surface area contributed by atoms with E-state index in [9.17, 15) is 27.6 Å². The number of primary amides is 1. The normalized spacial score (nSPS) is 27.0. The largest absolute Gasteiger partial charge is 0.416 e. The first-order valence-electron chi connectivity index (χ1n) is 8.36. The van der Waals surface area contributed by atoms with Gasteiger partial charge in [-0.15, -0.1) is 0 Å². The van der Waals surface area contributed by atoms with Gasteiger partial charge in [-0.25, -0.2) is 4.90 Å². The number of anilines is 1. The number of imide groups is 1. The smallest absolute Gasteiger partial charge is 0.369 e. The van der Waals surface area contributed by atoms with Gasteiger partial charge in [0.2, 0.25) is 11.8 Å². The summed E-state index contributed by atoms with van der Waals surface area (Å²) in [6.07, 6.45) is -3.35. The van der Waals surface area contributed by atoms with Crippen LogP contribution in [0.5, 0.6) is 0 Å². The van der Waals surface area contributed by atoms with Gasteiger partial charge in [0.1, 0.15) is 0 Å². The zero-order valence-electron chi connectivity index (χ0n) is 13.9. The molecule has 0 aromatic heterocycles. The van der Waals surface area contributed by atoms with E-state index in [1.165, 1.54) is 0 Å². The lowest BCUT2D eigenvalue weighted by Crippen LogP contribution is -3.17. The van der Waals surface area contributed by atoms with E-state index >= 15 is 0 Å². The Morgan fingerprint density at radius 2 is 1.69 bits per heavy atom. The van der Waals surface area contributed by atoms with E-state index in [-0.39, 0.29) is 23.9 Å². The molecule has 1 aromatic carbocycles. The molecule has 2 saturated heterocycles. The van der Waals surface area contributed by atoms with Gasteiger partial charge in [-0.3, -0.25) is 14.4 Å². The van der Waals surface area contributed by atoms with Gasteiger partial charge < -0.3 is 10.6 Å². The van der Waals surface area contributed by atoms with Gasteiger partial charge in [-0.1, -0.05) is 0 Å². The Labute approximate surface area is 147 Å². The van der Waals surface area contributed by atoms with Crippen molar-refractivity contribution in [2.24, 2.45) is 11.7 Å². The quantitative estimate of drug-likeness (QED) is 0.741. The molecule has 9 heteroatoms. The summed E-state index contributed by atoms with van der Waals surface area (Å²) in [7, 11) is 0. The lowest BCUT2D eigenvalue weighted by molar-refractivity contribution is -0.920. The van der Waals surface area contributed by atoms with Crippen molar-refractivity contribution in [3.8, 4) is 0 Å². The molecule has 0 spiro atoms. The molecule has 2 aliphatic heterocycles. The summed E-state index contributed by atoms with van der Waals surface area (Å²) < 4.78 is 38.0. The molecule has 0 aliphatic carbocycles. The lowest BCUT2D eigenvalue weighted by Gasteiger charge is -2.30. The van der Waals surface area contributed by atoms with Crippen molar-refractivity contribution in [1.82, 2.24) is 0 Å². The average molecular weight is 370 g/mol. The minimum absolute atomic E-state index is 0.0103. The zero-order valence-corrected chi connectivity index (χ0v) is 13.9. The van der Waals surface area contributed by atoms with Gasteiger partial charge >= 0.3 is 6.18 Å². The molecule has 2 fully saturated rings. The highest BCUT2D eigenvalue weighted by atomic mass is 19.4. The second-order valence-electron chi connectivity index (χ2n) is 6.70. The first-order chi connectivity index (χ1) is 12.2. The summed E-state index contributed by atoms with van der Waals surface area (Å²) in [6.45, 7) is 1.11. The fourth-order valence-electron chi connectivity index (χ4n) is 3.64. The fourth-order valence-corrected chi connectivity index (χ4v) is 3.64. The Morgan fingerprint density at radius 1 is 1.12 bits per heavy atom. The summed E-state index contributed by atoms with van der Waals surface area (Å²) in [6, 6.07) is 3.41. The summed E-state index contributed by atoms with van der Waals surface area (Å²) in [4.78, 5) is 38.1. The first kappa shape index (κ1) is 18.4. The Hall–Kier alpha value is -2.42. The highest BCUT2D eigenvalue weighted by Crippen LogP contribution is 2.31. The molecule has 6 nitrogen and oxygen atoms in total. The molecule has 3 N–H and O–H groups in total. The van der Waals surface area contributed by atoms with E-state index in [4.69, 9.17) is 5.73 Å². The second kappa shape index (κ2) is 6.71. The topological polar surface area (TPSA) is 84.9 Å². The van der Waals surface area contributed by atoms with Crippen molar-refractivity contribution in [2.45, 2.75) is 31.5 Å². The van der Waals surface area contributed by atoms with Crippen molar-refractivity contribution >= 4 is 23.4 Å². The van der Waals surface area contributed by atoms with Crippen LogP contribution in [-0.2, 0) is 20.6 Å². The molecular weight excluding hydrogens is 351 g/mol. The minimum Gasteiger partial charge on any atom is -0.369 e. The number of quaternary nitrogens is 1. The van der Waals surface area contributed by atoms with Gasteiger partial charge in [0.15, 0.2) is 6.04 Å². The summed E-state index contributed by atoms with van der Waals surface area (Å²) in [5.41, 5.74) is 4.60. The number of hydrogen-bond acceptors (Lipinski definition) is 3. The maximum Gasteiger partial charge on any atom is 0.416 e. The molecule has 0 saturated carbocycles. The number of carbonyl (C=O) groups is 3. The van der Waals surface area contributed by atoms with Crippen molar-refractivity contribution < 1.29 is 32.5 Å². The number of hydrogen-bond donors (Lipinski definition) is 2. The van der Waals surface area contributed by atoms with Crippen molar-refractivity contribution in [3.63, 3.8) is 0 Å². The number of nitrogens with zero attached hydrogens (tertiary/aromatic N) is 1. The number of benzene rings is 1. The van der Waals surface area contributed by atoms with Crippen molar-refractivity contribution in [1.29, 1.82) is 0 Å². The maximum absolute atomic E-state index is 12.7. The van der Waals surface area contributed by atoms with Gasteiger partial charge in [0, 0.05) is 18.8 Å². The number of amides is 3. The van der Waals surface area contributed by atoms with E-state index in [1.54, 1.807) is 0 Å².